The first-order chi connectivity index (χ1) is 11.7. The molecule has 1 unspecified atom stereocenters. The second kappa shape index (κ2) is 6.55. The Balaban J connectivity index is 1.51. The predicted octanol–water partition coefficient (Wildman–Crippen LogP) is 4.41. The molecule has 120 valence electrons. The molecule has 1 fully saturated rings. The maximum absolute atomic E-state index is 12.2. The molecule has 2 heterocycles. The quantitative estimate of drug-likeness (QED) is 0.739. The van der Waals surface area contributed by atoms with Crippen LogP contribution < -0.4 is 5.32 Å². The number of carbonyl (C=O) groups is 1. The van der Waals surface area contributed by atoms with Gasteiger partial charge in [-0.1, -0.05) is 59.0 Å². The van der Waals surface area contributed by atoms with Gasteiger partial charge in [0.15, 0.2) is 5.17 Å². The number of carbonyl (C=O) groups excluding carboxylic acids is 1. The molecule has 3 aromatic rings. The lowest BCUT2D eigenvalue weighted by Crippen LogP contribution is -2.25. The Labute approximate surface area is 152 Å². The van der Waals surface area contributed by atoms with Crippen LogP contribution in [-0.2, 0) is 11.2 Å². The van der Waals surface area contributed by atoms with Gasteiger partial charge in [-0.25, -0.2) is 4.98 Å². The number of thiazole rings is 1. The van der Waals surface area contributed by atoms with Gasteiger partial charge < -0.3 is 5.32 Å². The van der Waals surface area contributed by atoms with Crippen LogP contribution in [0, 0.1) is 0 Å². The van der Waals surface area contributed by atoms with Gasteiger partial charge in [0.2, 0.25) is 11.0 Å². The Bertz CT molecular complexity index is 903. The zero-order chi connectivity index (χ0) is 16.5. The van der Waals surface area contributed by atoms with E-state index in [0.29, 0.717) is 21.7 Å². The Morgan fingerprint density at radius 2 is 1.96 bits per heavy atom. The summed E-state index contributed by atoms with van der Waals surface area (Å²) in [7, 11) is 0. The lowest BCUT2D eigenvalue weighted by molar-refractivity contribution is -0.118. The first-order valence-corrected chi connectivity index (χ1v) is 9.41. The number of fused-ring (bicyclic) bond motifs is 1. The monoisotopic (exact) mass is 373 g/mol. The van der Waals surface area contributed by atoms with Crippen molar-refractivity contribution in [3.8, 4) is 0 Å². The average Bonchev–Trinajstić information content (AvgIpc) is 3.12. The van der Waals surface area contributed by atoms with Crippen LogP contribution in [0.5, 0.6) is 0 Å². The molecule has 2 aromatic carbocycles. The van der Waals surface area contributed by atoms with Crippen molar-refractivity contribution in [3.63, 3.8) is 0 Å². The number of benzene rings is 2. The Morgan fingerprint density at radius 1 is 1.17 bits per heavy atom. The van der Waals surface area contributed by atoms with Crippen molar-refractivity contribution in [1.82, 2.24) is 10.3 Å². The number of amidine groups is 1. The maximum Gasteiger partial charge on any atom is 0.239 e. The van der Waals surface area contributed by atoms with Gasteiger partial charge in [-0.3, -0.25) is 4.79 Å². The number of nitrogens with one attached hydrogen (secondary N) is 1. The largest absolute Gasteiger partial charge is 0.304 e. The standard InChI is InChI=1S/C17H12ClN3OS2/c18-11-7-5-10(6-8-11)9-14-15(22)20-17(24-14)21-16-19-12-3-1-2-4-13(12)23-16/h1-8,14H,9H2,(H,19,20,21,22). The number of hydrogen-bond acceptors (Lipinski definition) is 5. The van der Waals surface area contributed by atoms with Gasteiger partial charge in [-0.15, -0.1) is 0 Å². The molecule has 1 N–H and O–H groups in total. The van der Waals surface area contributed by atoms with E-state index in [1.54, 1.807) is 0 Å². The number of aliphatic imine (C=N–C) groups is 1. The maximum atomic E-state index is 12.2. The number of rotatable bonds is 3. The van der Waals surface area contributed by atoms with Gasteiger partial charge in [0.25, 0.3) is 0 Å². The van der Waals surface area contributed by atoms with Gasteiger partial charge in [0.05, 0.1) is 15.5 Å². The SMILES string of the molecule is O=C1N/C(=N/c2nc3ccccc3s2)SC1Cc1ccc(Cl)cc1. The molecule has 0 bridgehead atoms. The molecule has 1 aromatic heterocycles. The Kier molecular flexibility index (Phi) is 4.26. The van der Waals surface area contributed by atoms with Crippen molar-refractivity contribution in [2.45, 2.75) is 11.7 Å². The number of aromatic nitrogens is 1. The highest BCUT2D eigenvalue weighted by Gasteiger charge is 2.30. The molecule has 4 nitrogen and oxygen atoms in total. The average molecular weight is 374 g/mol. The summed E-state index contributed by atoms with van der Waals surface area (Å²) in [6.45, 7) is 0. The van der Waals surface area contributed by atoms with E-state index in [4.69, 9.17) is 11.6 Å². The summed E-state index contributed by atoms with van der Waals surface area (Å²) in [6.07, 6.45) is 0.645. The fraction of sp³-hybridized carbons (Fsp3) is 0.118. The highest BCUT2D eigenvalue weighted by Crippen LogP contribution is 2.31. The van der Waals surface area contributed by atoms with Gasteiger partial charge >= 0.3 is 0 Å². The lowest BCUT2D eigenvalue weighted by Gasteiger charge is -2.05. The Hall–Kier alpha value is -1.89. The normalized spacial score (nSPS) is 19.1. The van der Waals surface area contributed by atoms with E-state index in [2.05, 4.69) is 15.3 Å². The molecule has 1 aliphatic rings. The molecule has 0 saturated carbocycles. The topological polar surface area (TPSA) is 54.4 Å². The summed E-state index contributed by atoms with van der Waals surface area (Å²) in [5.41, 5.74) is 2.00. The smallest absolute Gasteiger partial charge is 0.239 e. The van der Waals surface area contributed by atoms with E-state index >= 15 is 0 Å². The number of para-hydroxylation sites is 1. The molecule has 1 aliphatic heterocycles. The number of thioether (sulfide) groups is 1. The van der Waals surface area contributed by atoms with Crippen LogP contribution in [0.1, 0.15) is 5.56 Å². The van der Waals surface area contributed by atoms with Gasteiger partial charge in [0.1, 0.15) is 0 Å². The van der Waals surface area contributed by atoms with Crippen molar-refractivity contribution < 1.29 is 4.79 Å². The first-order valence-electron chi connectivity index (χ1n) is 7.33. The summed E-state index contributed by atoms with van der Waals surface area (Å²) in [5.74, 6) is -0.0187. The van der Waals surface area contributed by atoms with Crippen molar-refractivity contribution >= 4 is 61.1 Å². The third-order valence-electron chi connectivity index (χ3n) is 3.59. The van der Waals surface area contributed by atoms with E-state index in [1.807, 2.05) is 48.5 Å². The molecule has 1 amide bonds. The molecular formula is C17H12ClN3OS2. The molecule has 24 heavy (non-hydrogen) atoms. The second-order valence-electron chi connectivity index (χ2n) is 5.31. The molecule has 0 radical (unpaired) electrons. The van der Waals surface area contributed by atoms with E-state index in [0.717, 1.165) is 15.8 Å². The summed E-state index contributed by atoms with van der Waals surface area (Å²) in [4.78, 5) is 21.1. The van der Waals surface area contributed by atoms with Crippen molar-refractivity contribution in [2.24, 2.45) is 4.99 Å². The number of halogens is 1. The van der Waals surface area contributed by atoms with E-state index in [-0.39, 0.29) is 11.2 Å². The van der Waals surface area contributed by atoms with Gasteiger partial charge in [0, 0.05) is 5.02 Å². The molecule has 4 rings (SSSR count). The number of hydrogen-bond donors (Lipinski definition) is 1. The van der Waals surface area contributed by atoms with Crippen LogP contribution in [0.15, 0.2) is 53.5 Å². The lowest BCUT2D eigenvalue weighted by atomic mass is 10.1. The minimum atomic E-state index is -0.181. The highest BCUT2D eigenvalue weighted by atomic mass is 35.5. The zero-order valence-corrected chi connectivity index (χ0v) is 14.8. The summed E-state index contributed by atoms with van der Waals surface area (Å²) < 4.78 is 1.09. The van der Waals surface area contributed by atoms with E-state index in [9.17, 15) is 4.79 Å². The molecule has 1 saturated heterocycles. The molecular weight excluding hydrogens is 362 g/mol. The second-order valence-corrected chi connectivity index (χ2v) is 7.94. The summed E-state index contributed by atoms with van der Waals surface area (Å²) >= 11 is 8.85. The first kappa shape index (κ1) is 15.6. The molecule has 0 aliphatic carbocycles. The van der Waals surface area contributed by atoms with E-state index in [1.165, 1.54) is 23.1 Å². The zero-order valence-electron chi connectivity index (χ0n) is 12.4. The van der Waals surface area contributed by atoms with Gasteiger partial charge in [-0.05, 0) is 36.2 Å². The third-order valence-corrected chi connectivity index (χ3v) is 5.85. The van der Waals surface area contributed by atoms with E-state index < -0.39 is 0 Å². The van der Waals surface area contributed by atoms with Crippen molar-refractivity contribution in [3.05, 3.63) is 59.1 Å². The summed E-state index contributed by atoms with van der Waals surface area (Å²) in [6, 6.07) is 15.5. The number of nitrogens with zero attached hydrogens (tertiary/aromatic N) is 2. The van der Waals surface area contributed by atoms with Crippen LogP contribution in [-0.4, -0.2) is 21.3 Å². The van der Waals surface area contributed by atoms with Crippen LogP contribution >= 0.6 is 34.7 Å². The van der Waals surface area contributed by atoms with Crippen molar-refractivity contribution in [1.29, 1.82) is 0 Å². The van der Waals surface area contributed by atoms with Crippen LogP contribution in [0.2, 0.25) is 5.02 Å². The summed E-state index contributed by atoms with van der Waals surface area (Å²) in [5, 5.41) is 4.62. The van der Waals surface area contributed by atoms with Crippen molar-refractivity contribution in [2.75, 3.05) is 0 Å². The van der Waals surface area contributed by atoms with Crippen LogP contribution in [0.4, 0.5) is 5.13 Å². The number of amides is 1. The minimum Gasteiger partial charge on any atom is -0.304 e. The third kappa shape index (κ3) is 3.31. The fourth-order valence-corrected chi connectivity index (χ4v) is 4.46. The molecule has 7 heteroatoms. The molecule has 1 atom stereocenters. The van der Waals surface area contributed by atoms with Crippen LogP contribution in [0.25, 0.3) is 10.2 Å². The Morgan fingerprint density at radius 3 is 2.75 bits per heavy atom. The van der Waals surface area contributed by atoms with Crippen LogP contribution in [0.3, 0.4) is 0 Å². The minimum absolute atomic E-state index is 0.0187. The fourth-order valence-electron chi connectivity index (χ4n) is 2.42. The van der Waals surface area contributed by atoms with Gasteiger partial charge in [-0.2, -0.15) is 4.99 Å². The highest BCUT2D eigenvalue weighted by molar-refractivity contribution is 8.15. The predicted molar refractivity (Wildman–Crippen MR) is 101 cm³/mol. The molecule has 0 spiro atoms.